The largest absolute Gasteiger partial charge is 0.506 e. The Bertz CT molecular complexity index is 813. The quantitative estimate of drug-likeness (QED) is 0.730. The molecule has 0 aliphatic rings. The first kappa shape index (κ1) is 14.1. The second-order valence-electron chi connectivity index (χ2n) is 4.60. The number of hydrogen-bond donors (Lipinski definition) is 2. The molecule has 0 aliphatic carbocycles. The highest BCUT2D eigenvalue weighted by Gasteiger charge is 2.13. The number of aromatic hydroxyl groups is 1. The molecule has 0 bridgehead atoms. The Morgan fingerprint density at radius 1 is 1.24 bits per heavy atom. The Labute approximate surface area is 134 Å². The third kappa shape index (κ3) is 2.94. The molecule has 1 aromatic heterocycles. The van der Waals surface area contributed by atoms with Crippen LogP contribution >= 0.6 is 27.3 Å². The van der Waals surface area contributed by atoms with E-state index in [0.717, 1.165) is 14.7 Å². The predicted octanol–water partition coefficient (Wildman–Crippen LogP) is 4.30. The molecular weight excluding hydrogens is 350 g/mol. The van der Waals surface area contributed by atoms with Crippen LogP contribution in [-0.4, -0.2) is 11.0 Å². The number of phenolic OH excluding ortho intramolecular Hbond substituents is 1. The van der Waals surface area contributed by atoms with Crippen molar-refractivity contribution < 1.29 is 9.90 Å². The van der Waals surface area contributed by atoms with Crippen LogP contribution in [0.4, 0.5) is 0 Å². The topological polar surface area (TPSA) is 49.3 Å². The molecule has 3 nitrogen and oxygen atoms in total. The summed E-state index contributed by atoms with van der Waals surface area (Å²) in [4.78, 5) is 13.3. The first-order valence-corrected chi connectivity index (χ1v) is 8.04. The summed E-state index contributed by atoms with van der Waals surface area (Å²) in [5.74, 6) is -0.249. The van der Waals surface area contributed by atoms with E-state index in [1.54, 1.807) is 23.5 Å². The number of thiophene rings is 1. The van der Waals surface area contributed by atoms with E-state index in [1.165, 1.54) is 0 Å². The summed E-state index contributed by atoms with van der Waals surface area (Å²) >= 11 is 4.95. The maximum Gasteiger partial charge on any atom is 0.255 e. The first-order chi connectivity index (χ1) is 10.1. The van der Waals surface area contributed by atoms with Crippen LogP contribution in [-0.2, 0) is 6.54 Å². The molecule has 3 aromatic rings. The summed E-state index contributed by atoms with van der Waals surface area (Å²) in [6.45, 7) is 0.446. The summed E-state index contributed by atoms with van der Waals surface area (Å²) in [5.41, 5.74) is 0.296. The molecule has 0 fully saturated rings. The van der Waals surface area contributed by atoms with Crippen LogP contribution in [0.15, 0.2) is 52.3 Å². The van der Waals surface area contributed by atoms with Gasteiger partial charge in [-0.05, 0) is 33.4 Å². The lowest BCUT2D eigenvalue weighted by atomic mass is 10.0. The van der Waals surface area contributed by atoms with Crippen molar-refractivity contribution in [1.82, 2.24) is 5.32 Å². The molecule has 1 amide bonds. The van der Waals surface area contributed by atoms with Gasteiger partial charge in [-0.25, -0.2) is 0 Å². The molecule has 2 aromatic carbocycles. The van der Waals surface area contributed by atoms with E-state index >= 15 is 0 Å². The molecule has 2 N–H and O–H groups in total. The molecule has 0 atom stereocenters. The van der Waals surface area contributed by atoms with E-state index < -0.39 is 0 Å². The van der Waals surface area contributed by atoms with Crippen molar-refractivity contribution in [3.8, 4) is 5.75 Å². The Kier molecular flexibility index (Phi) is 3.94. The standard InChI is InChI=1S/C16H12BrNO2S/c17-11-7-12(21-9-11)8-18-16(20)14-6-5-10-3-1-2-4-13(10)15(14)19/h1-7,9,19H,8H2,(H,18,20). The SMILES string of the molecule is O=C(NCc1cc(Br)cs1)c1ccc2ccccc2c1O. The number of fused-ring (bicyclic) bond motifs is 1. The van der Waals surface area contributed by atoms with Crippen molar-refractivity contribution in [2.45, 2.75) is 6.54 Å². The molecule has 106 valence electrons. The van der Waals surface area contributed by atoms with Crippen LogP contribution in [0, 0.1) is 0 Å². The van der Waals surface area contributed by atoms with Gasteiger partial charge in [0.15, 0.2) is 0 Å². The van der Waals surface area contributed by atoms with Crippen molar-refractivity contribution in [1.29, 1.82) is 0 Å². The van der Waals surface area contributed by atoms with E-state index in [0.29, 0.717) is 17.5 Å². The Hall–Kier alpha value is -1.85. The molecule has 0 spiro atoms. The number of amides is 1. The summed E-state index contributed by atoms with van der Waals surface area (Å²) in [6.07, 6.45) is 0. The zero-order valence-corrected chi connectivity index (χ0v) is 13.4. The van der Waals surface area contributed by atoms with E-state index in [4.69, 9.17) is 0 Å². The third-order valence-corrected chi connectivity index (χ3v) is 4.89. The smallest absolute Gasteiger partial charge is 0.255 e. The summed E-state index contributed by atoms with van der Waals surface area (Å²) in [5, 5.41) is 16.6. The number of nitrogens with one attached hydrogen (secondary N) is 1. The van der Waals surface area contributed by atoms with Crippen LogP contribution < -0.4 is 5.32 Å². The lowest BCUT2D eigenvalue weighted by Gasteiger charge is -2.08. The monoisotopic (exact) mass is 361 g/mol. The molecular formula is C16H12BrNO2S. The molecule has 0 saturated heterocycles. The lowest BCUT2D eigenvalue weighted by Crippen LogP contribution is -2.22. The van der Waals surface area contributed by atoms with Gasteiger partial charge in [-0.2, -0.15) is 0 Å². The van der Waals surface area contributed by atoms with Crippen molar-refractivity contribution in [2.75, 3.05) is 0 Å². The summed E-state index contributed by atoms with van der Waals surface area (Å²) < 4.78 is 1.00. The molecule has 0 aliphatic heterocycles. The molecule has 3 rings (SSSR count). The van der Waals surface area contributed by atoms with Crippen molar-refractivity contribution in [3.63, 3.8) is 0 Å². The van der Waals surface area contributed by atoms with Gasteiger partial charge in [-0.1, -0.05) is 30.3 Å². The maximum absolute atomic E-state index is 12.2. The predicted molar refractivity (Wildman–Crippen MR) is 88.8 cm³/mol. The van der Waals surface area contributed by atoms with E-state index in [2.05, 4.69) is 21.2 Å². The minimum atomic E-state index is -0.275. The minimum absolute atomic E-state index is 0.0259. The van der Waals surface area contributed by atoms with Gasteiger partial charge in [0.1, 0.15) is 5.75 Å². The van der Waals surface area contributed by atoms with Gasteiger partial charge in [0.25, 0.3) is 5.91 Å². The number of carbonyl (C=O) groups excluding carboxylic acids is 1. The second kappa shape index (κ2) is 5.87. The van der Waals surface area contributed by atoms with Gasteiger partial charge in [0, 0.05) is 20.1 Å². The van der Waals surface area contributed by atoms with Crippen LogP contribution in [0.2, 0.25) is 0 Å². The number of rotatable bonds is 3. The van der Waals surface area contributed by atoms with Crippen LogP contribution in [0.1, 0.15) is 15.2 Å². The van der Waals surface area contributed by atoms with Crippen LogP contribution in [0.5, 0.6) is 5.75 Å². The van der Waals surface area contributed by atoms with Gasteiger partial charge in [0.2, 0.25) is 0 Å². The highest BCUT2D eigenvalue weighted by Crippen LogP contribution is 2.28. The first-order valence-electron chi connectivity index (χ1n) is 6.37. The van der Waals surface area contributed by atoms with E-state index in [-0.39, 0.29) is 11.7 Å². The summed E-state index contributed by atoms with van der Waals surface area (Å²) in [6, 6.07) is 12.9. The Morgan fingerprint density at radius 3 is 2.81 bits per heavy atom. The minimum Gasteiger partial charge on any atom is -0.506 e. The van der Waals surface area contributed by atoms with E-state index in [9.17, 15) is 9.90 Å². The van der Waals surface area contributed by atoms with Gasteiger partial charge in [-0.3, -0.25) is 4.79 Å². The molecule has 0 radical (unpaired) electrons. The Morgan fingerprint density at radius 2 is 2.05 bits per heavy atom. The zero-order valence-electron chi connectivity index (χ0n) is 11.0. The fourth-order valence-electron chi connectivity index (χ4n) is 2.15. The van der Waals surface area contributed by atoms with Gasteiger partial charge >= 0.3 is 0 Å². The molecule has 5 heteroatoms. The van der Waals surface area contributed by atoms with Gasteiger partial charge < -0.3 is 10.4 Å². The second-order valence-corrected chi connectivity index (χ2v) is 6.51. The molecule has 1 heterocycles. The van der Waals surface area contributed by atoms with Crippen molar-refractivity contribution in [2.24, 2.45) is 0 Å². The fraction of sp³-hybridized carbons (Fsp3) is 0.0625. The van der Waals surface area contributed by atoms with Crippen molar-refractivity contribution in [3.05, 3.63) is 62.8 Å². The molecule has 0 saturated carbocycles. The average molecular weight is 362 g/mol. The number of phenols is 1. The Balaban J connectivity index is 1.82. The maximum atomic E-state index is 12.2. The highest BCUT2D eigenvalue weighted by atomic mass is 79.9. The van der Waals surface area contributed by atoms with Gasteiger partial charge in [0.05, 0.1) is 12.1 Å². The molecule has 21 heavy (non-hydrogen) atoms. The average Bonchev–Trinajstić information content (AvgIpc) is 2.91. The molecule has 0 unspecified atom stereocenters. The van der Waals surface area contributed by atoms with Gasteiger partial charge in [-0.15, -0.1) is 11.3 Å². The lowest BCUT2D eigenvalue weighted by molar-refractivity contribution is 0.0949. The number of halogens is 1. The van der Waals surface area contributed by atoms with Crippen LogP contribution in [0.3, 0.4) is 0 Å². The number of carbonyl (C=O) groups is 1. The number of hydrogen-bond acceptors (Lipinski definition) is 3. The van der Waals surface area contributed by atoms with E-state index in [1.807, 2.05) is 35.7 Å². The van der Waals surface area contributed by atoms with Crippen LogP contribution in [0.25, 0.3) is 10.8 Å². The normalized spacial score (nSPS) is 10.7. The number of benzene rings is 2. The summed E-state index contributed by atoms with van der Waals surface area (Å²) in [7, 11) is 0. The fourth-order valence-corrected chi connectivity index (χ4v) is 3.54. The highest BCUT2D eigenvalue weighted by molar-refractivity contribution is 9.10. The third-order valence-electron chi connectivity index (χ3n) is 3.19. The van der Waals surface area contributed by atoms with Crippen molar-refractivity contribution >= 4 is 43.9 Å². The zero-order chi connectivity index (χ0) is 14.8.